The Labute approximate surface area is 92.8 Å². The summed E-state index contributed by atoms with van der Waals surface area (Å²) in [7, 11) is 0. The summed E-state index contributed by atoms with van der Waals surface area (Å²) >= 11 is 1.43. The molecular formula is C9H13N5S. The van der Waals surface area contributed by atoms with Crippen molar-refractivity contribution in [2.45, 2.75) is 49.1 Å². The van der Waals surface area contributed by atoms with E-state index in [-0.39, 0.29) is 5.25 Å². The van der Waals surface area contributed by atoms with E-state index >= 15 is 0 Å². The summed E-state index contributed by atoms with van der Waals surface area (Å²) in [5, 5.41) is 21.1. The van der Waals surface area contributed by atoms with Crippen molar-refractivity contribution in [1.29, 1.82) is 5.26 Å². The highest BCUT2D eigenvalue weighted by molar-refractivity contribution is 8.00. The summed E-state index contributed by atoms with van der Waals surface area (Å²) in [6.45, 7) is 1.86. The van der Waals surface area contributed by atoms with E-state index in [1.54, 1.807) is 0 Å². The first-order chi connectivity index (χ1) is 7.31. The zero-order valence-corrected chi connectivity index (χ0v) is 9.44. The Morgan fingerprint density at radius 3 is 2.93 bits per heavy atom. The van der Waals surface area contributed by atoms with E-state index in [1.165, 1.54) is 24.6 Å². The highest BCUT2D eigenvalue weighted by atomic mass is 32.2. The van der Waals surface area contributed by atoms with Gasteiger partial charge in [-0.1, -0.05) is 24.6 Å². The molecule has 1 aliphatic carbocycles. The van der Waals surface area contributed by atoms with Gasteiger partial charge < -0.3 is 0 Å². The number of nitriles is 1. The predicted octanol–water partition coefficient (Wildman–Crippen LogP) is 1.79. The molecule has 2 rings (SSSR count). The summed E-state index contributed by atoms with van der Waals surface area (Å²) in [5.41, 5.74) is 0. The summed E-state index contributed by atoms with van der Waals surface area (Å²) in [6, 6.07) is 2.61. The maximum absolute atomic E-state index is 8.74. The first kappa shape index (κ1) is 10.4. The lowest BCUT2D eigenvalue weighted by Gasteiger charge is -2.10. The lowest BCUT2D eigenvalue weighted by atomic mass is 10.3. The second kappa shape index (κ2) is 4.62. The van der Waals surface area contributed by atoms with Gasteiger partial charge in [0.25, 0.3) is 0 Å². The molecule has 1 atom stereocenters. The van der Waals surface area contributed by atoms with Crippen molar-refractivity contribution in [3.63, 3.8) is 0 Å². The van der Waals surface area contributed by atoms with Gasteiger partial charge in [-0.25, -0.2) is 4.68 Å². The molecule has 0 aliphatic heterocycles. The molecule has 1 aliphatic rings. The molecule has 80 valence electrons. The molecule has 1 aromatic heterocycles. The van der Waals surface area contributed by atoms with Crippen LogP contribution in [0.4, 0.5) is 0 Å². The van der Waals surface area contributed by atoms with Crippen molar-refractivity contribution >= 4 is 11.8 Å². The van der Waals surface area contributed by atoms with Gasteiger partial charge in [-0.3, -0.25) is 0 Å². The van der Waals surface area contributed by atoms with E-state index in [1.807, 2.05) is 11.6 Å². The maximum Gasteiger partial charge on any atom is 0.210 e. The fourth-order valence-electron chi connectivity index (χ4n) is 1.83. The minimum absolute atomic E-state index is 0.101. The van der Waals surface area contributed by atoms with E-state index in [4.69, 9.17) is 5.26 Å². The van der Waals surface area contributed by atoms with Gasteiger partial charge >= 0.3 is 0 Å². The molecule has 0 N–H and O–H groups in total. The molecule has 0 spiro atoms. The van der Waals surface area contributed by atoms with Crippen molar-refractivity contribution in [1.82, 2.24) is 20.2 Å². The van der Waals surface area contributed by atoms with Gasteiger partial charge in [0, 0.05) is 0 Å². The van der Waals surface area contributed by atoms with Gasteiger partial charge in [-0.2, -0.15) is 5.26 Å². The van der Waals surface area contributed by atoms with E-state index in [0.717, 1.165) is 18.0 Å². The van der Waals surface area contributed by atoms with Crippen LogP contribution in [0, 0.1) is 11.3 Å². The van der Waals surface area contributed by atoms with Crippen LogP contribution < -0.4 is 0 Å². The van der Waals surface area contributed by atoms with E-state index in [9.17, 15) is 0 Å². The standard InChI is InChI=1S/C9H13N5S/c1-7(6-10)15-9-11-12-13-14(9)8-4-2-3-5-8/h7-8H,2-5H2,1H3/t7-/m0/s1. The third-order valence-electron chi connectivity index (χ3n) is 2.60. The topological polar surface area (TPSA) is 67.4 Å². The monoisotopic (exact) mass is 223 g/mol. The van der Waals surface area contributed by atoms with Crippen LogP contribution in [0.25, 0.3) is 0 Å². The third-order valence-corrected chi connectivity index (χ3v) is 3.54. The van der Waals surface area contributed by atoms with E-state index < -0.39 is 0 Å². The van der Waals surface area contributed by atoms with Crippen molar-refractivity contribution in [3.05, 3.63) is 0 Å². The van der Waals surface area contributed by atoms with Crippen LogP contribution in [0.3, 0.4) is 0 Å². The van der Waals surface area contributed by atoms with Crippen molar-refractivity contribution in [2.75, 3.05) is 0 Å². The number of nitrogens with zero attached hydrogens (tertiary/aromatic N) is 5. The minimum atomic E-state index is -0.101. The normalized spacial score (nSPS) is 18.9. The summed E-state index contributed by atoms with van der Waals surface area (Å²) in [4.78, 5) is 0. The van der Waals surface area contributed by atoms with Crippen molar-refractivity contribution < 1.29 is 0 Å². The fraction of sp³-hybridized carbons (Fsp3) is 0.778. The first-order valence-corrected chi connectivity index (χ1v) is 6.03. The number of hydrogen-bond acceptors (Lipinski definition) is 5. The molecule has 0 saturated heterocycles. The number of rotatable bonds is 3. The summed E-state index contributed by atoms with van der Waals surface area (Å²) in [6.07, 6.45) is 4.81. The van der Waals surface area contributed by atoms with Gasteiger partial charge in [-0.05, 0) is 30.2 Å². The van der Waals surface area contributed by atoms with Gasteiger partial charge in [-0.15, -0.1) is 5.10 Å². The molecule has 0 aromatic carbocycles. The summed E-state index contributed by atoms with van der Waals surface area (Å²) < 4.78 is 1.88. The molecule has 6 heteroatoms. The highest BCUT2D eigenvalue weighted by Gasteiger charge is 2.22. The van der Waals surface area contributed by atoms with E-state index in [2.05, 4.69) is 21.6 Å². The Kier molecular flexibility index (Phi) is 3.21. The van der Waals surface area contributed by atoms with Crippen LogP contribution in [0.5, 0.6) is 0 Å². The number of aromatic nitrogens is 4. The Bertz CT molecular complexity index is 363. The van der Waals surface area contributed by atoms with Gasteiger partial charge in [0.1, 0.15) is 0 Å². The van der Waals surface area contributed by atoms with Crippen LogP contribution in [-0.4, -0.2) is 25.5 Å². The number of thioether (sulfide) groups is 1. The molecule has 1 saturated carbocycles. The molecule has 0 unspecified atom stereocenters. The molecule has 5 nitrogen and oxygen atoms in total. The predicted molar refractivity (Wildman–Crippen MR) is 56.3 cm³/mol. The van der Waals surface area contributed by atoms with Gasteiger partial charge in [0.2, 0.25) is 5.16 Å². The van der Waals surface area contributed by atoms with Gasteiger partial charge in [0.05, 0.1) is 17.4 Å². The second-order valence-electron chi connectivity index (χ2n) is 3.73. The Hall–Kier alpha value is -1.09. The average Bonchev–Trinajstić information content (AvgIpc) is 2.86. The molecule has 1 aromatic rings. The largest absolute Gasteiger partial charge is 0.217 e. The van der Waals surface area contributed by atoms with Crippen LogP contribution >= 0.6 is 11.8 Å². The van der Waals surface area contributed by atoms with Crippen molar-refractivity contribution in [3.8, 4) is 6.07 Å². The quantitative estimate of drug-likeness (QED) is 0.731. The third kappa shape index (κ3) is 2.29. The average molecular weight is 223 g/mol. The molecule has 0 amide bonds. The molecule has 0 bridgehead atoms. The van der Waals surface area contributed by atoms with Crippen LogP contribution in [0.15, 0.2) is 5.16 Å². The molecule has 1 fully saturated rings. The maximum atomic E-state index is 8.74. The zero-order valence-electron chi connectivity index (χ0n) is 8.63. The number of tetrazole rings is 1. The summed E-state index contributed by atoms with van der Waals surface area (Å²) in [5.74, 6) is 0. The minimum Gasteiger partial charge on any atom is -0.217 e. The Balaban J connectivity index is 2.11. The molecule has 1 heterocycles. The molecule has 15 heavy (non-hydrogen) atoms. The van der Waals surface area contributed by atoms with Crippen LogP contribution in [0.1, 0.15) is 38.6 Å². The zero-order chi connectivity index (χ0) is 10.7. The van der Waals surface area contributed by atoms with Crippen LogP contribution in [-0.2, 0) is 0 Å². The number of hydrogen-bond donors (Lipinski definition) is 0. The first-order valence-electron chi connectivity index (χ1n) is 5.15. The smallest absolute Gasteiger partial charge is 0.210 e. The SMILES string of the molecule is C[C@@H](C#N)Sc1nnnn1C1CCCC1. The Morgan fingerprint density at radius 1 is 1.53 bits per heavy atom. The van der Waals surface area contributed by atoms with Gasteiger partial charge in [0.15, 0.2) is 0 Å². The van der Waals surface area contributed by atoms with Crippen molar-refractivity contribution in [2.24, 2.45) is 0 Å². The Morgan fingerprint density at radius 2 is 2.27 bits per heavy atom. The highest BCUT2D eigenvalue weighted by Crippen LogP contribution is 2.32. The fourth-order valence-corrected chi connectivity index (χ4v) is 2.57. The lowest BCUT2D eigenvalue weighted by molar-refractivity contribution is 0.423. The lowest BCUT2D eigenvalue weighted by Crippen LogP contribution is -2.09. The second-order valence-corrected chi connectivity index (χ2v) is 5.04. The van der Waals surface area contributed by atoms with E-state index in [0.29, 0.717) is 6.04 Å². The molecule has 0 radical (unpaired) electrons. The molecular weight excluding hydrogens is 210 g/mol. The van der Waals surface area contributed by atoms with Crippen LogP contribution in [0.2, 0.25) is 0 Å².